The number of aromatic nitrogens is 1. The number of aryl methyl sites for hydroxylation is 2. The Morgan fingerprint density at radius 3 is 2.52 bits per heavy atom. The molecule has 0 aliphatic rings. The third kappa shape index (κ3) is 2.71. The van der Waals surface area contributed by atoms with Gasteiger partial charge in [0.15, 0.2) is 0 Å². The van der Waals surface area contributed by atoms with E-state index in [2.05, 4.69) is 20.7 Å². The molecule has 0 atom stereocenters. The number of esters is 1. The summed E-state index contributed by atoms with van der Waals surface area (Å²) in [5.41, 5.74) is 2.05. The Kier molecular flexibility index (Phi) is 4.18. The lowest BCUT2D eigenvalue weighted by molar-refractivity contribution is 0.0600. The number of benzene rings is 1. The monoisotopic (exact) mass is 351 g/mol. The first-order chi connectivity index (χ1) is 9.86. The summed E-state index contributed by atoms with van der Waals surface area (Å²) in [7, 11) is 1.32. The SMILES string of the molecule is COC(=O)c1ccc(-n2c(C)cc(O)c(Br)c2=O)c(C)c1. The number of rotatable bonds is 2. The van der Waals surface area contributed by atoms with Crippen LogP contribution in [0.3, 0.4) is 0 Å². The van der Waals surface area contributed by atoms with Crippen molar-refractivity contribution in [3.63, 3.8) is 0 Å². The highest BCUT2D eigenvalue weighted by Gasteiger charge is 2.14. The normalized spacial score (nSPS) is 10.5. The minimum absolute atomic E-state index is 0.0995. The number of ether oxygens (including phenoxy) is 1. The van der Waals surface area contributed by atoms with Crippen LogP contribution in [0.5, 0.6) is 5.75 Å². The molecule has 6 heteroatoms. The molecule has 21 heavy (non-hydrogen) atoms. The maximum atomic E-state index is 12.3. The van der Waals surface area contributed by atoms with E-state index in [-0.39, 0.29) is 15.8 Å². The van der Waals surface area contributed by atoms with Crippen LogP contribution in [0.25, 0.3) is 5.69 Å². The number of halogens is 1. The summed E-state index contributed by atoms with van der Waals surface area (Å²) in [6.07, 6.45) is 0. The van der Waals surface area contributed by atoms with Gasteiger partial charge in [-0.2, -0.15) is 0 Å². The maximum absolute atomic E-state index is 12.3. The van der Waals surface area contributed by atoms with E-state index >= 15 is 0 Å². The molecule has 0 radical (unpaired) electrons. The van der Waals surface area contributed by atoms with Crippen molar-refractivity contribution in [3.8, 4) is 11.4 Å². The fraction of sp³-hybridized carbons (Fsp3) is 0.200. The molecule has 0 aliphatic carbocycles. The van der Waals surface area contributed by atoms with Gasteiger partial charge >= 0.3 is 5.97 Å². The van der Waals surface area contributed by atoms with Crippen LogP contribution in [-0.4, -0.2) is 22.8 Å². The molecule has 110 valence electrons. The van der Waals surface area contributed by atoms with Crippen LogP contribution in [0, 0.1) is 13.8 Å². The Hall–Kier alpha value is -2.08. The molecule has 1 heterocycles. The average Bonchev–Trinajstić information content (AvgIpc) is 2.45. The van der Waals surface area contributed by atoms with Crippen molar-refractivity contribution >= 4 is 21.9 Å². The van der Waals surface area contributed by atoms with Crippen LogP contribution in [0.2, 0.25) is 0 Å². The minimum Gasteiger partial charge on any atom is -0.506 e. The van der Waals surface area contributed by atoms with Crippen LogP contribution < -0.4 is 5.56 Å². The standard InChI is InChI=1S/C15H14BrNO4/c1-8-6-10(15(20)21-3)4-5-11(8)17-9(2)7-12(18)13(16)14(17)19/h4-7,18H,1-3H3. The predicted molar refractivity (Wildman–Crippen MR) is 82.2 cm³/mol. The van der Waals surface area contributed by atoms with Crippen LogP contribution in [0.1, 0.15) is 21.6 Å². The van der Waals surface area contributed by atoms with Gasteiger partial charge in [-0.15, -0.1) is 0 Å². The molecule has 0 aliphatic heterocycles. The van der Waals surface area contributed by atoms with E-state index in [1.807, 2.05) is 0 Å². The summed E-state index contributed by atoms with van der Waals surface area (Å²) < 4.78 is 6.24. The Bertz CT molecular complexity index is 780. The van der Waals surface area contributed by atoms with E-state index in [1.54, 1.807) is 32.0 Å². The van der Waals surface area contributed by atoms with Crippen LogP contribution in [0.15, 0.2) is 33.5 Å². The number of pyridine rings is 1. The molecule has 1 aromatic carbocycles. The van der Waals surface area contributed by atoms with Gasteiger partial charge in [0.05, 0.1) is 18.4 Å². The quantitative estimate of drug-likeness (QED) is 0.844. The number of aromatic hydroxyl groups is 1. The van der Waals surface area contributed by atoms with Crippen molar-refractivity contribution in [1.29, 1.82) is 0 Å². The van der Waals surface area contributed by atoms with E-state index in [1.165, 1.54) is 17.7 Å². The van der Waals surface area contributed by atoms with Crippen molar-refractivity contribution in [1.82, 2.24) is 4.57 Å². The molecular formula is C15H14BrNO4. The van der Waals surface area contributed by atoms with Crippen molar-refractivity contribution in [2.45, 2.75) is 13.8 Å². The van der Waals surface area contributed by atoms with E-state index in [9.17, 15) is 14.7 Å². The van der Waals surface area contributed by atoms with Gasteiger partial charge in [-0.1, -0.05) is 0 Å². The minimum atomic E-state index is -0.430. The molecule has 1 aromatic heterocycles. The van der Waals surface area contributed by atoms with Gasteiger partial charge in [0.1, 0.15) is 10.2 Å². The summed E-state index contributed by atoms with van der Waals surface area (Å²) in [5.74, 6) is -0.529. The molecule has 0 saturated carbocycles. The molecule has 1 N–H and O–H groups in total. The Morgan fingerprint density at radius 2 is 1.95 bits per heavy atom. The molecule has 2 rings (SSSR count). The summed E-state index contributed by atoms with van der Waals surface area (Å²) in [4.78, 5) is 23.8. The molecule has 0 spiro atoms. The summed E-state index contributed by atoms with van der Waals surface area (Å²) >= 11 is 3.08. The van der Waals surface area contributed by atoms with Crippen LogP contribution in [0.4, 0.5) is 0 Å². The predicted octanol–water partition coefficient (Wildman–Crippen LogP) is 2.71. The molecular weight excluding hydrogens is 338 g/mol. The second-order valence-corrected chi connectivity index (χ2v) is 5.41. The van der Waals surface area contributed by atoms with Gasteiger partial charge in [-0.05, 0) is 53.5 Å². The molecule has 2 aromatic rings. The van der Waals surface area contributed by atoms with E-state index in [4.69, 9.17) is 0 Å². The fourth-order valence-electron chi connectivity index (χ4n) is 2.14. The number of methoxy groups -OCH3 is 1. The highest BCUT2D eigenvalue weighted by Crippen LogP contribution is 2.23. The van der Waals surface area contributed by atoms with Gasteiger partial charge in [-0.3, -0.25) is 9.36 Å². The molecule has 0 bridgehead atoms. The second kappa shape index (κ2) is 5.73. The Morgan fingerprint density at radius 1 is 1.29 bits per heavy atom. The van der Waals surface area contributed by atoms with E-state index in [0.29, 0.717) is 16.9 Å². The number of hydrogen-bond acceptors (Lipinski definition) is 4. The third-order valence-electron chi connectivity index (χ3n) is 3.17. The zero-order valence-corrected chi connectivity index (χ0v) is 13.4. The van der Waals surface area contributed by atoms with Crippen molar-refractivity contribution in [3.05, 3.63) is 55.9 Å². The van der Waals surface area contributed by atoms with Gasteiger partial charge in [0.2, 0.25) is 0 Å². The Balaban J connectivity index is 2.67. The topological polar surface area (TPSA) is 68.5 Å². The highest BCUT2D eigenvalue weighted by atomic mass is 79.9. The summed E-state index contributed by atoms with van der Waals surface area (Å²) in [6, 6.07) is 6.44. The van der Waals surface area contributed by atoms with Crippen molar-refractivity contribution in [2.24, 2.45) is 0 Å². The lowest BCUT2D eigenvalue weighted by Crippen LogP contribution is -2.22. The Labute approximate surface area is 129 Å². The molecule has 0 saturated heterocycles. The smallest absolute Gasteiger partial charge is 0.337 e. The third-order valence-corrected chi connectivity index (χ3v) is 3.92. The second-order valence-electron chi connectivity index (χ2n) is 4.62. The summed E-state index contributed by atoms with van der Waals surface area (Å²) in [5, 5.41) is 9.65. The largest absolute Gasteiger partial charge is 0.506 e. The van der Waals surface area contributed by atoms with Gasteiger partial charge in [-0.25, -0.2) is 4.79 Å². The zero-order chi connectivity index (χ0) is 15.7. The first-order valence-corrected chi connectivity index (χ1v) is 6.96. The molecule has 0 unspecified atom stereocenters. The maximum Gasteiger partial charge on any atom is 0.337 e. The highest BCUT2D eigenvalue weighted by molar-refractivity contribution is 9.10. The van der Waals surface area contributed by atoms with Crippen LogP contribution in [-0.2, 0) is 4.74 Å². The molecule has 5 nitrogen and oxygen atoms in total. The summed E-state index contributed by atoms with van der Waals surface area (Å²) in [6.45, 7) is 3.52. The van der Waals surface area contributed by atoms with Gasteiger partial charge < -0.3 is 9.84 Å². The number of carbonyl (C=O) groups excluding carboxylic acids is 1. The molecule has 0 fully saturated rings. The zero-order valence-electron chi connectivity index (χ0n) is 11.8. The molecule has 0 amide bonds. The van der Waals surface area contributed by atoms with Crippen LogP contribution >= 0.6 is 15.9 Å². The van der Waals surface area contributed by atoms with E-state index in [0.717, 1.165) is 5.56 Å². The fourth-order valence-corrected chi connectivity index (χ4v) is 2.44. The number of hydrogen-bond donors (Lipinski definition) is 1. The van der Waals surface area contributed by atoms with Gasteiger partial charge in [0.25, 0.3) is 5.56 Å². The van der Waals surface area contributed by atoms with Crippen molar-refractivity contribution < 1.29 is 14.6 Å². The lowest BCUT2D eigenvalue weighted by Gasteiger charge is -2.14. The van der Waals surface area contributed by atoms with Gasteiger partial charge in [0, 0.05) is 11.8 Å². The number of nitrogens with zero attached hydrogens (tertiary/aromatic N) is 1. The van der Waals surface area contributed by atoms with E-state index < -0.39 is 5.97 Å². The first-order valence-electron chi connectivity index (χ1n) is 6.17. The average molecular weight is 352 g/mol. The number of carbonyl (C=O) groups is 1. The first kappa shape index (κ1) is 15.3. The van der Waals surface area contributed by atoms with Crippen molar-refractivity contribution in [2.75, 3.05) is 7.11 Å². The lowest BCUT2D eigenvalue weighted by atomic mass is 10.1.